The summed E-state index contributed by atoms with van der Waals surface area (Å²) < 4.78 is 0. The van der Waals surface area contributed by atoms with Gasteiger partial charge in [0.05, 0.1) is 41.9 Å². The third-order valence-electron chi connectivity index (χ3n) is 15.9. The Balaban J connectivity index is 0.000000163. The van der Waals surface area contributed by atoms with Gasteiger partial charge < -0.3 is 26.2 Å². The number of carbonyl (C=O) groups excluding carboxylic acids is 3. The van der Waals surface area contributed by atoms with E-state index in [1.54, 1.807) is 30.7 Å². The predicted molar refractivity (Wildman–Crippen MR) is 379 cm³/mol. The highest BCUT2D eigenvalue weighted by atomic mass is 32.1. The monoisotopic (exact) mass is 1280 g/mol. The van der Waals surface area contributed by atoms with Crippen LogP contribution in [0.15, 0.2) is 188 Å². The van der Waals surface area contributed by atoms with Crippen molar-refractivity contribution in [2.75, 3.05) is 17.2 Å². The van der Waals surface area contributed by atoms with Gasteiger partial charge in [-0.15, -0.1) is 46.4 Å². The Kier molecular flexibility index (Phi) is 25.0. The first-order valence-electron chi connectivity index (χ1n) is 31.8. The average Bonchev–Trinajstić information content (AvgIpc) is 2.09. The van der Waals surface area contributed by atoms with E-state index in [1.165, 1.54) is 62.6 Å². The molecular weight excluding hydrogens is 1200 g/mol. The Labute approximate surface area is 553 Å². The van der Waals surface area contributed by atoms with E-state index in [1.807, 2.05) is 122 Å². The molecule has 0 saturated heterocycles. The van der Waals surface area contributed by atoms with E-state index in [-0.39, 0.29) is 30.1 Å². The largest absolute Gasteiger partial charge is 0.396 e. The molecule has 15 heteroatoms. The summed E-state index contributed by atoms with van der Waals surface area (Å²) in [5, 5.41) is 28.1. The van der Waals surface area contributed by atoms with Crippen molar-refractivity contribution in [2.45, 2.75) is 117 Å². The summed E-state index contributed by atoms with van der Waals surface area (Å²) in [5.41, 5.74) is 11.4. The average molecular weight is 1280 g/mol. The summed E-state index contributed by atoms with van der Waals surface area (Å²) in [7, 11) is 0. The van der Waals surface area contributed by atoms with Crippen LogP contribution in [0.1, 0.15) is 160 Å². The fraction of sp³-hybridized carbons (Fsp3) is 0.286. The summed E-state index contributed by atoms with van der Waals surface area (Å²) in [6, 6.07) is 58.2. The third kappa shape index (κ3) is 19.9. The van der Waals surface area contributed by atoms with Crippen molar-refractivity contribution in [1.82, 2.24) is 25.3 Å². The quantitative estimate of drug-likeness (QED) is 0.0244. The summed E-state index contributed by atoms with van der Waals surface area (Å²) in [6.07, 6.45) is 17.7. The number of terminal acetylenes is 1. The molecule has 1 aliphatic carbocycles. The number of hydrogen-bond donors (Lipinski definition) is 5. The van der Waals surface area contributed by atoms with Crippen molar-refractivity contribution in [3.8, 4) is 43.9 Å². The SMILES string of the molecule is C#CCCC(CC)C(=O)c1ccc(-c2ccnc(Nc3cccc(C(C)O)c3)n2)s1.CCCC(CC1CC1)C(=O)c1ccc(-c2cccc(Cc3cccc(C(C)C)c3)c2)s1.O=C(NCc1ccccc1)c1ccc(-c2ccnc(Nc3ccc(CCO)cc3)n2)s1. The highest BCUT2D eigenvalue weighted by Gasteiger charge is 2.30. The molecule has 3 atom stereocenters. The molecule has 5 aromatic carbocycles. The minimum absolute atomic E-state index is 0.0450. The van der Waals surface area contributed by atoms with Crippen LogP contribution in [0, 0.1) is 30.1 Å². The molecule has 472 valence electrons. The predicted octanol–water partition coefficient (Wildman–Crippen LogP) is 18.6. The maximum atomic E-state index is 13.1. The van der Waals surface area contributed by atoms with Crippen LogP contribution in [0.3, 0.4) is 0 Å². The minimum Gasteiger partial charge on any atom is -0.396 e. The molecule has 0 aliphatic heterocycles. The standard InChI is InChI=1S/C29H34OS.C24H22N4O2S.C24H25N3O2S/c1-4-7-26(17-21-12-13-21)29(30)28-15-14-27(31-28)25-11-6-9-23(19-25)16-22-8-5-10-24(18-22)20(2)3;29-15-13-17-6-8-19(9-7-17)27-24-25-14-12-20(28-24)21-10-11-22(31-21)23(30)26-16-18-4-2-1-3-5-18;1-4-6-8-17(5-2)23(29)22-12-11-21(30-22)20-13-14-25-24(27-20)26-19-10-7-9-18(15-19)16(3)28/h5-6,8-11,14-15,18-21,26H,4,7,12-13,16-17H2,1-3H3;1-12,14,29H,13,15-16H2,(H,26,30)(H,25,27,28);1,7,9-17,28H,5-6,8H2,2-3H3,(H,25,26,27). The number of anilines is 4. The number of aliphatic hydroxyl groups excluding tert-OH is 2. The van der Waals surface area contributed by atoms with Crippen LogP contribution >= 0.6 is 34.0 Å². The van der Waals surface area contributed by atoms with Gasteiger partial charge in [0.2, 0.25) is 11.9 Å². The second-order valence-corrected chi connectivity index (χ2v) is 26.7. The van der Waals surface area contributed by atoms with E-state index in [9.17, 15) is 19.5 Å². The molecule has 1 aliphatic rings. The number of thiophene rings is 3. The van der Waals surface area contributed by atoms with Crippen LogP contribution in [0.25, 0.3) is 31.6 Å². The van der Waals surface area contributed by atoms with E-state index in [2.05, 4.69) is 123 Å². The molecule has 12 nitrogen and oxygen atoms in total. The van der Waals surface area contributed by atoms with Crippen molar-refractivity contribution in [2.24, 2.45) is 17.8 Å². The smallest absolute Gasteiger partial charge is 0.261 e. The number of Topliss-reactive ketones (excluding diaryl/α,β-unsaturated/α-hetero) is 2. The first-order valence-corrected chi connectivity index (χ1v) is 34.2. The molecule has 0 bridgehead atoms. The van der Waals surface area contributed by atoms with Crippen molar-refractivity contribution < 1.29 is 24.6 Å². The van der Waals surface area contributed by atoms with Crippen LogP contribution < -0.4 is 16.0 Å². The van der Waals surface area contributed by atoms with E-state index in [4.69, 9.17) is 11.5 Å². The molecule has 5 N–H and O–H groups in total. The summed E-state index contributed by atoms with van der Waals surface area (Å²) in [6.45, 7) is 11.0. The molecule has 5 aromatic heterocycles. The van der Waals surface area contributed by atoms with E-state index >= 15 is 0 Å². The first kappa shape index (κ1) is 67.6. The second kappa shape index (κ2) is 34.1. The van der Waals surface area contributed by atoms with Gasteiger partial charge >= 0.3 is 0 Å². The molecular formula is C77H81N7O5S3. The molecule has 1 amide bonds. The number of amides is 1. The lowest BCUT2D eigenvalue weighted by Crippen LogP contribution is -2.21. The van der Waals surface area contributed by atoms with Gasteiger partial charge in [0, 0.05) is 60.1 Å². The van der Waals surface area contributed by atoms with E-state index < -0.39 is 6.10 Å². The van der Waals surface area contributed by atoms with Crippen molar-refractivity contribution in [1.29, 1.82) is 0 Å². The van der Waals surface area contributed by atoms with Crippen molar-refractivity contribution in [3.05, 3.63) is 236 Å². The topological polar surface area (TPSA) is 179 Å². The van der Waals surface area contributed by atoms with Gasteiger partial charge in [-0.3, -0.25) is 14.4 Å². The molecule has 1 saturated carbocycles. The van der Waals surface area contributed by atoms with Gasteiger partial charge in [0.1, 0.15) is 0 Å². The molecule has 92 heavy (non-hydrogen) atoms. The molecule has 0 radical (unpaired) electrons. The van der Waals surface area contributed by atoms with E-state index in [0.29, 0.717) is 54.3 Å². The number of hydrogen-bond acceptors (Lipinski definition) is 14. The van der Waals surface area contributed by atoms with Gasteiger partial charge in [0.15, 0.2) is 11.6 Å². The van der Waals surface area contributed by atoms with Gasteiger partial charge in [-0.05, 0) is 169 Å². The van der Waals surface area contributed by atoms with Crippen LogP contribution in [-0.2, 0) is 19.4 Å². The van der Waals surface area contributed by atoms with Crippen LogP contribution in [0.4, 0.5) is 23.3 Å². The zero-order valence-corrected chi connectivity index (χ0v) is 55.4. The van der Waals surface area contributed by atoms with Crippen LogP contribution in [0.2, 0.25) is 0 Å². The highest BCUT2D eigenvalue weighted by Crippen LogP contribution is 2.40. The summed E-state index contributed by atoms with van der Waals surface area (Å²) in [4.78, 5) is 61.5. The van der Waals surface area contributed by atoms with Crippen molar-refractivity contribution >= 4 is 74.8 Å². The Morgan fingerprint density at radius 3 is 1.82 bits per heavy atom. The molecule has 3 unspecified atom stereocenters. The number of carbonyl (C=O) groups is 3. The number of nitrogens with one attached hydrogen (secondary N) is 3. The lowest BCUT2D eigenvalue weighted by Gasteiger charge is -2.13. The zero-order valence-electron chi connectivity index (χ0n) is 53.0. The maximum absolute atomic E-state index is 13.1. The summed E-state index contributed by atoms with van der Waals surface area (Å²) in [5.74, 6) is 5.48. The van der Waals surface area contributed by atoms with Gasteiger partial charge in [-0.1, -0.05) is 150 Å². The Morgan fingerprint density at radius 2 is 1.18 bits per heavy atom. The maximum Gasteiger partial charge on any atom is 0.261 e. The number of ketones is 2. The van der Waals surface area contributed by atoms with Crippen LogP contribution in [0.5, 0.6) is 0 Å². The van der Waals surface area contributed by atoms with Gasteiger partial charge in [-0.2, -0.15) is 0 Å². The Morgan fingerprint density at radius 1 is 0.598 bits per heavy atom. The lowest BCUT2D eigenvalue weighted by atomic mass is 9.92. The van der Waals surface area contributed by atoms with Gasteiger partial charge in [0.25, 0.3) is 5.91 Å². The number of rotatable bonds is 27. The number of aliphatic hydroxyl groups is 2. The highest BCUT2D eigenvalue weighted by molar-refractivity contribution is 7.18. The fourth-order valence-electron chi connectivity index (χ4n) is 10.6. The minimum atomic E-state index is -0.548. The lowest BCUT2D eigenvalue weighted by molar-refractivity contribution is 0.0901. The first-order chi connectivity index (χ1) is 44.7. The second-order valence-electron chi connectivity index (χ2n) is 23.4. The molecule has 0 spiro atoms. The number of aromatic nitrogens is 4. The zero-order chi connectivity index (χ0) is 64.8. The third-order valence-corrected chi connectivity index (χ3v) is 19.3. The molecule has 5 heterocycles. The molecule has 10 aromatic rings. The molecule has 11 rings (SSSR count). The van der Waals surface area contributed by atoms with Gasteiger partial charge in [-0.25, -0.2) is 19.9 Å². The Bertz CT molecular complexity index is 4050. The number of nitrogens with zero attached hydrogens (tertiary/aromatic N) is 4. The van der Waals surface area contributed by atoms with E-state index in [0.717, 1.165) is 97.0 Å². The van der Waals surface area contributed by atoms with Crippen molar-refractivity contribution in [3.63, 3.8) is 0 Å². The number of benzene rings is 5. The fourth-order valence-corrected chi connectivity index (χ4v) is 13.5. The van der Waals surface area contributed by atoms with Crippen LogP contribution in [-0.4, -0.2) is 54.2 Å². The Hall–Kier alpha value is -8.75. The summed E-state index contributed by atoms with van der Waals surface area (Å²) >= 11 is 4.51. The normalized spacial score (nSPS) is 12.7. The molecule has 1 fully saturated rings.